The molecule has 0 spiro atoms. The fraction of sp³-hybridized carbons (Fsp3) is 0.250. The number of amides is 4. The monoisotopic (exact) mass is 559 g/mol. The van der Waals surface area contributed by atoms with Crippen LogP contribution in [0.15, 0.2) is 57.9 Å². The van der Waals surface area contributed by atoms with Crippen molar-refractivity contribution in [2.24, 2.45) is 0 Å². The van der Waals surface area contributed by atoms with Crippen molar-refractivity contribution in [3.8, 4) is 5.75 Å². The van der Waals surface area contributed by atoms with E-state index >= 15 is 0 Å². The summed E-state index contributed by atoms with van der Waals surface area (Å²) in [5.74, 6) is -0.818. The molecule has 0 radical (unpaired) electrons. The quantitative estimate of drug-likeness (QED) is 0.518. The number of imide groups is 1. The molecule has 0 unspecified atom stereocenters. The van der Waals surface area contributed by atoms with Crippen molar-refractivity contribution < 1.29 is 28.7 Å². The van der Waals surface area contributed by atoms with Crippen LogP contribution in [0.3, 0.4) is 0 Å². The fourth-order valence-corrected chi connectivity index (χ4v) is 4.66. The van der Waals surface area contributed by atoms with Crippen LogP contribution in [0.5, 0.6) is 5.75 Å². The highest BCUT2D eigenvalue weighted by molar-refractivity contribution is 9.10. The van der Waals surface area contributed by atoms with E-state index in [2.05, 4.69) is 21.2 Å². The molecule has 0 atom stereocenters. The number of para-hydroxylation sites is 1. The average Bonchev–Trinajstić information content (AvgIpc) is 3.12. The molecule has 2 saturated heterocycles. The van der Waals surface area contributed by atoms with Gasteiger partial charge in [-0.15, -0.1) is 0 Å². The molecule has 2 aliphatic heterocycles. The smallest absolute Gasteiger partial charge is 0.294 e. The summed E-state index contributed by atoms with van der Waals surface area (Å²) >= 11 is 4.15. The molecule has 2 aliphatic rings. The molecule has 2 heterocycles. The maximum atomic E-state index is 12.9. The van der Waals surface area contributed by atoms with Crippen LogP contribution in [-0.2, 0) is 19.1 Å². The molecular weight excluding hydrogens is 538 g/mol. The Morgan fingerprint density at radius 3 is 2.60 bits per heavy atom. The van der Waals surface area contributed by atoms with Crippen LogP contribution in [-0.4, -0.2) is 72.2 Å². The van der Waals surface area contributed by atoms with Gasteiger partial charge >= 0.3 is 0 Å². The minimum absolute atomic E-state index is 0.168. The molecule has 4 rings (SSSR count). The molecule has 182 valence electrons. The van der Waals surface area contributed by atoms with Gasteiger partial charge in [0.2, 0.25) is 5.91 Å². The number of thioether (sulfide) groups is 1. The highest BCUT2D eigenvalue weighted by atomic mass is 79.9. The van der Waals surface area contributed by atoms with Crippen molar-refractivity contribution in [1.29, 1.82) is 0 Å². The molecule has 0 aromatic heterocycles. The Morgan fingerprint density at radius 1 is 1.11 bits per heavy atom. The lowest BCUT2D eigenvalue weighted by molar-refractivity contribution is -0.139. The third kappa shape index (κ3) is 6.50. The second-order valence-electron chi connectivity index (χ2n) is 7.65. The summed E-state index contributed by atoms with van der Waals surface area (Å²) < 4.78 is 11.7. The summed E-state index contributed by atoms with van der Waals surface area (Å²) in [5, 5.41) is 2.23. The molecule has 4 amide bonds. The lowest BCUT2D eigenvalue weighted by atomic mass is 10.2. The van der Waals surface area contributed by atoms with Crippen molar-refractivity contribution in [2.75, 3.05) is 44.8 Å². The van der Waals surface area contributed by atoms with Crippen molar-refractivity contribution in [1.82, 2.24) is 9.80 Å². The summed E-state index contributed by atoms with van der Waals surface area (Å²) in [6.45, 7) is 1.17. The molecule has 1 N–H and O–H groups in total. The van der Waals surface area contributed by atoms with Crippen LogP contribution in [0.2, 0.25) is 0 Å². The number of nitrogens with zero attached hydrogens (tertiary/aromatic N) is 2. The lowest BCUT2D eigenvalue weighted by Gasteiger charge is -2.28. The van der Waals surface area contributed by atoms with Gasteiger partial charge in [-0.05, 0) is 48.2 Å². The number of ether oxygens (including phenoxy) is 2. The molecule has 0 bridgehead atoms. The predicted octanol–water partition coefficient (Wildman–Crippen LogP) is 3.36. The van der Waals surface area contributed by atoms with E-state index in [1.807, 2.05) is 18.2 Å². The molecule has 9 nitrogen and oxygen atoms in total. The zero-order chi connectivity index (χ0) is 24.8. The average molecular weight is 560 g/mol. The lowest BCUT2D eigenvalue weighted by Crippen LogP contribution is -2.46. The van der Waals surface area contributed by atoms with Gasteiger partial charge in [-0.25, -0.2) is 0 Å². The third-order valence-electron chi connectivity index (χ3n) is 5.21. The van der Waals surface area contributed by atoms with Crippen LogP contribution in [0.4, 0.5) is 10.5 Å². The second kappa shape index (κ2) is 11.5. The predicted molar refractivity (Wildman–Crippen MR) is 135 cm³/mol. The first kappa shape index (κ1) is 25.0. The molecule has 35 heavy (non-hydrogen) atoms. The zero-order valence-electron chi connectivity index (χ0n) is 18.6. The van der Waals surface area contributed by atoms with Gasteiger partial charge in [0.05, 0.1) is 18.1 Å². The molecule has 11 heteroatoms. The number of morpholine rings is 1. The van der Waals surface area contributed by atoms with Crippen molar-refractivity contribution in [3.05, 3.63) is 63.5 Å². The summed E-state index contributed by atoms with van der Waals surface area (Å²) in [7, 11) is 0. The molecule has 0 aliphatic carbocycles. The van der Waals surface area contributed by atoms with Gasteiger partial charge in [0.25, 0.3) is 17.1 Å². The Balaban J connectivity index is 1.44. The zero-order valence-corrected chi connectivity index (χ0v) is 21.0. The van der Waals surface area contributed by atoms with E-state index in [-0.39, 0.29) is 29.9 Å². The summed E-state index contributed by atoms with van der Waals surface area (Å²) in [4.78, 5) is 52.9. The van der Waals surface area contributed by atoms with Gasteiger partial charge in [0.15, 0.2) is 6.61 Å². The van der Waals surface area contributed by atoms with Crippen LogP contribution in [0.1, 0.15) is 5.56 Å². The fourth-order valence-electron chi connectivity index (χ4n) is 3.45. The Morgan fingerprint density at radius 2 is 1.86 bits per heavy atom. The van der Waals surface area contributed by atoms with Gasteiger partial charge < -0.3 is 19.7 Å². The number of nitrogens with one attached hydrogen (secondary N) is 1. The Labute approximate surface area is 214 Å². The van der Waals surface area contributed by atoms with Crippen molar-refractivity contribution in [3.63, 3.8) is 0 Å². The van der Waals surface area contributed by atoms with E-state index in [9.17, 15) is 19.2 Å². The topological polar surface area (TPSA) is 105 Å². The minimum atomic E-state index is -0.547. The van der Waals surface area contributed by atoms with E-state index in [1.54, 1.807) is 35.2 Å². The van der Waals surface area contributed by atoms with Gasteiger partial charge in [-0.2, -0.15) is 0 Å². The number of benzene rings is 2. The molecular formula is C24H22BrN3O6S. The Kier molecular flexibility index (Phi) is 8.21. The number of halogens is 1. The normalized spacial score (nSPS) is 17.1. The van der Waals surface area contributed by atoms with Crippen LogP contribution in [0.25, 0.3) is 6.08 Å². The van der Waals surface area contributed by atoms with Gasteiger partial charge in [-0.1, -0.05) is 34.1 Å². The first-order valence-corrected chi connectivity index (χ1v) is 12.4. The van der Waals surface area contributed by atoms with Crippen LogP contribution in [0, 0.1) is 0 Å². The molecule has 2 aromatic carbocycles. The van der Waals surface area contributed by atoms with Gasteiger partial charge in [0.1, 0.15) is 12.3 Å². The van der Waals surface area contributed by atoms with Crippen LogP contribution >= 0.6 is 27.7 Å². The van der Waals surface area contributed by atoms with Crippen molar-refractivity contribution >= 4 is 62.4 Å². The maximum Gasteiger partial charge on any atom is 0.294 e. The second-order valence-corrected chi connectivity index (χ2v) is 9.55. The third-order valence-corrected chi connectivity index (χ3v) is 6.61. The van der Waals surface area contributed by atoms with Crippen molar-refractivity contribution in [2.45, 2.75) is 0 Å². The number of hydrogen-bond donors (Lipinski definition) is 1. The number of anilines is 1. The first-order chi connectivity index (χ1) is 16.9. The highest BCUT2D eigenvalue weighted by Crippen LogP contribution is 2.35. The van der Waals surface area contributed by atoms with Crippen LogP contribution < -0.4 is 10.1 Å². The summed E-state index contributed by atoms with van der Waals surface area (Å²) in [5.41, 5.74) is 1.16. The number of carbonyl (C=O) groups is 4. The Hall–Kier alpha value is -3.15. The van der Waals surface area contributed by atoms with Gasteiger partial charge in [0, 0.05) is 28.8 Å². The van der Waals surface area contributed by atoms with E-state index in [0.717, 1.165) is 21.1 Å². The summed E-state index contributed by atoms with van der Waals surface area (Å²) in [6.07, 6.45) is 1.53. The maximum absolute atomic E-state index is 12.9. The van der Waals surface area contributed by atoms with Gasteiger partial charge in [-0.3, -0.25) is 24.1 Å². The first-order valence-electron chi connectivity index (χ1n) is 10.8. The number of rotatable bonds is 7. The number of hydrogen-bond acceptors (Lipinski definition) is 7. The van der Waals surface area contributed by atoms with E-state index in [1.165, 1.54) is 6.08 Å². The SMILES string of the molecule is O=C(COc1ccc(Br)cc1/C=C1\SC(=O)N(CC(=O)N2CCOCC2)C1=O)Nc1ccccc1. The highest BCUT2D eigenvalue weighted by Gasteiger charge is 2.37. The van der Waals surface area contributed by atoms with E-state index in [4.69, 9.17) is 9.47 Å². The number of carbonyl (C=O) groups excluding carboxylic acids is 4. The van der Waals surface area contributed by atoms with E-state index < -0.39 is 11.1 Å². The van der Waals surface area contributed by atoms with E-state index in [0.29, 0.717) is 43.3 Å². The molecule has 2 aromatic rings. The standard InChI is InChI=1S/C24H22BrN3O6S/c25-17-6-7-19(34-15-21(29)26-18-4-2-1-3-5-18)16(12-17)13-20-23(31)28(24(32)35-20)14-22(30)27-8-10-33-11-9-27/h1-7,12-13H,8-11,14-15H2,(H,26,29)/b20-13-. The Bertz CT molecular complexity index is 1170. The molecule has 0 saturated carbocycles. The molecule has 2 fully saturated rings. The largest absolute Gasteiger partial charge is 0.483 e. The minimum Gasteiger partial charge on any atom is -0.483 e. The summed E-state index contributed by atoms with van der Waals surface area (Å²) in [6, 6.07) is 14.1.